The van der Waals surface area contributed by atoms with Crippen molar-refractivity contribution in [3.8, 4) is 0 Å². The lowest BCUT2D eigenvalue weighted by atomic mass is 10.2. The predicted molar refractivity (Wildman–Crippen MR) is 93.4 cm³/mol. The maximum atomic E-state index is 5.53. The largest absolute Gasteiger partial charge is 0.376 e. The van der Waals surface area contributed by atoms with E-state index in [1.807, 2.05) is 48.5 Å². The average Bonchev–Trinajstić information content (AvgIpc) is 2.54. The van der Waals surface area contributed by atoms with Crippen LogP contribution in [0, 0.1) is 0 Å². The van der Waals surface area contributed by atoms with Gasteiger partial charge < -0.3 is 16.4 Å². The van der Waals surface area contributed by atoms with Crippen LogP contribution in [0.25, 0.3) is 0 Å². The SMILES string of the molecule is NC(=S)NC(=NCc1ccccc1)NCCc1ccccn1. The van der Waals surface area contributed by atoms with E-state index in [0.29, 0.717) is 19.0 Å². The number of nitrogens with two attached hydrogens (primary N) is 1. The van der Waals surface area contributed by atoms with Crippen molar-refractivity contribution in [2.75, 3.05) is 6.54 Å². The second-order valence-electron chi connectivity index (χ2n) is 4.64. The van der Waals surface area contributed by atoms with Crippen molar-refractivity contribution in [2.24, 2.45) is 10.7 Å². The van der Waals surface area contributed by atoms with Crippen LogP contribution in [0.3, 0.4) is 0 Å². The van der Waals surface area contributed by atoms with Gasteiger partial charge in [-0.1, -0.05) is 36.4 Å². The van der Waals surface area contributed by atoms with Gasteiger partial charge in [0.2, 0.25) is 0 Å². The maximum absolute atomic E-state index is 5.53. The summed E-state index contributed by atoms with van der Waals surface area (Å²) in [4.78, 5) is 8.75. The first-order valence-corrected chi connectivity index (χ1v) is 7.43. The lowest BCUT2D eigenvalue weighted by Gasteiger charge is -2.11. The highest BCUT2D eigenvalue weighted by Gasteiger charge is 2.00. The topological polar surface area (TPSA) is 75.3 Å². The van der Waals surface area contributed by atoms with Crippen molar-refractivity contribution in [3.63, 3.8) is 0 Å². The zero-order valence-corrected chi connectivity index (χ0v) is 13.0. The molecule has 1 aromatic heterocycles. The summed E-state index contributed by atoms with van der Waals surface area (Å²) in [6.45, 7) is 1.25. The molecule has 6 heteroatoms. The molecule has 2 rings (SSSR count). The van der Waals surface area contributed by atoms with Gasteiger partial charge in [0.05, 0.1) is 6.54 Å². The Labute approximate surface area is 135 Å². The number of rotatable bonds is 5. The number of pyridine rings is 1. The zero-order valence-electron chi connectivity index (χ0n) is 12.2. The first-order valence-electron chi connectivity index (χ1n) is 7.02. The van der Waals surface area contributed by atoms with Crippen LogP contribution in [0.2, 0.25) is 0 Å². The number of hydrogen-bond acceptors (Lipinski definition) is 3. The minimum absolute atomic E-state index is 0.192. The van der Waals surface area contributed by atoms with Crippen molar-refractivity contribution >= 4 is 23.3 Å². The Kier molecular flexibility index (Phi) is 6.32. The summed E-state index contributed by atoms with van der Waals surface area (Å²) in [5, 5.41) is 6.26. The van der Waals surface area contributed by atoms with Gasteiger partial charge in [-0.25, -0.2) is 4.99 Å². The fourth-order valence-electron chi connectivity index (χ4n) is 1.87. The van der Waals surface area contributed by atoms with Crippen LogP contribution in [0.4, 0.5) is 0 Å². The highest BCUT2D eigenvalue weighted by molar-refractivity contribution is 7.80. The van der Waals surface area contributed by atoms with Gasteiger partial charge in [0, 0.05) is 24.9 Å². The highest BCUT2D eigenvalue weighted by Crippen LogP contribution is 2.00. The van der Waals surface area contributed by atoms with Crippen molar-refractivity contribution < 1.29 is 0 Å². The summed E-state index contributed by atoms with van der Waals surface area (Å²) in [6, 6.07) is 15.9. The van der Waals surface area contributed by atoms with Crippen molar-refractivity contribution in [1.29, 1.82) is 0 Å². The quantitative estimate of drug-likeness (QED) is 0.444. The summed E-state index contributed by atoms with van der Waals surface area (Å²) in [6.07, 6.45) is 2.58. The van der Waals surface area contributed by atoms with E-state index in [-0.39, 0.29) is 5.11 Å². The second-order valence-corrected chi connectivity index (χ2v) is 5.08. The number of benzene rings is 1. The average molecular weight is 313 g/mol. The van der Waals surface area contributed by atoms with Gasteiger partial charge in [-0.05, 0) is 29.9 Å². The molecule has 114 valence electrons. The fraction of sp³-hybridized carbons (Fsp3) is 0.188. The van der Waals surface area contributed by atoms with Crippen LogP contribution in [0.15, 0.2) is 59.7 Å². The van der Waals surface area contributed by atoms with E-state index in [0.717, 1.165) is 17.7 Å². The molecule has 0 aliphatic carbocycles. The molecule has 1 aromatic carbocycles. The predicted octanol–water partition coefficient (Wildman–Crippen LogP) is 1.60. The summed E-state index contributed by atoms with van der Waals surface area (Å²) in [5.41, 5.74) is 7.67. The first kappa shape index (κ1) is 15.9. The summed E-state index contributed by atoms with van der Waals surface area (Å²) in [7, 11) is 0. The maximum Gasteiger partial charge on any atom is 0.197 e. The fourth-order valence-corrected chi connectivity index (χ4v) is 1.96. The molecule has 0 fully saturated rings. The molecule has 0 bridgehead atoms. The standard InChI is InChI=1S/C16H19N5S/c17-15(22)21-16(20-12-13-6-2-1-3-7-13)19-11-9-14-8-4-5-10-18-14/h1-8,10H,9,11-12H2,(H4,17,19,20,21,22). The van der Waals surface area contributed by atoms with Crippen molar-refractivity contribution in [1.82, 2.24) is 15.6 Å². The van der Waals surface area contributed by atoms with E-state index in [1.165, 1.54) is 0 Å². The molecular weight excluding hydrogens is 294 g/mol. The van der Waals surface area contributed by atoms with Crippen LogP contribution in [-0.4, -0.2) is 22.6 Å². The Bertz CT molecular complexity index is 613. The van der Waals surface area contributed by atoms with Gasteiger partial charge in [-0.2, -0.15) is 0 Å². The molecule has 0 unspecified atom stereocenters. The first-order chi connectivity index (χ1) is 10.7. The molecule has 22 heavy (non-hydrogen) atoms. The monoisotopic (exact) mass is 313 g/mol. The molecule has 0 spiro atoms. The van der Waals surface area contributed by atoms with Gasteiger partial charge in [-0.3, -0.25) is 4.98 Å². The van der Waals surface area contributed by atoms with Gasteiger partial charge in [-0.15, -0.1) is 0 Å². The molecule has 0 saturated carbocycles. The Morgan fingerprint density at radius 1 is 1.14 bits per heavy atom. The van der Waals surface area contributed by atoms with Crippen molar-refractivity contribution in [2.45, 2.75) is 13.0 Å². The lowest BCUT2D eigenvalue weighted by Crippen LogP contribution is -2.44. The van der Waals surface area contributed by atoms with Crippen LogP contribution in [0.1, 0.15) is 11.3 Å². The molecule has 1 heterocycles. The van der Waals surface area contributed by atoms with Gasteiger partial charge in [0.25, 0.3) is 0 Å². The number of thiocarbonyl (C=S) groups is 1. The number of guanidine groups is 1. The normalized spacial score (nSPS) is 11.0. The number of nitrogens with one attached hydrogen (secondary N) is 2. The molecule has 0 radical (unpaired) electrons. The van der Waals surface area contributed by atoms with Crippen LogP contribution in [0.5, 0.6) is 0 Å². The Morgan fingerprint density at radius 2 is 1.91 bits per heavy atom. The van der Waals surface area contributed by atoms with Gasteiger partial charge >= 0.3 is 0 Å². The van der Waals surface area contributed by atoms with Gasteiger partial charge in [0.1, 0.15) is 0 Å². The van der Waals surface area contributed by atoms with E-state index < -0.39 is 0 Å². The number of aliphatic imine (C=N–C) groups is 1. The van der Waals surface area contributed by atoms with Crippen molar-refractivity contribution in [3.05, 3.63) is 66.0 Å². The molecule has 0 amide bonds. The third-order valence-corrected chi connectivity index (χ3v) is 3.01. The lowest BCUT2D eigenvalue weighted by molar-refractivity contribution is 0.818. The number of aromatic nitrogens is 1. The van der Waals surface area contributed by atoms with Crippen LogP contribution < -0.4 is 16.4 Å². The van der Waals surface area contributed by atoms with E-state index in [4.69, 9.17) is 18.0 Å². The second kappa shape index (κ2) is 8.74. The van der Waals surface area contributed by atoms with E-state index >= 15 is 0 Å². The van der Waals surface area contributed by atoms with Gasteiger partial charge in [0.15, 0.2) is 11.1 Å². The molecular formula is C16H19N5S. The summed E-state index contributed by atoms with van der Waals surface area (Å²) >= 11 is 4.88. The molecule has 5 nitrogen and oxygen atoms in total. The van der Waals surface area contributed by atoms with Crippen LogP contribution in [-0.2, 0) is 13.0 Å². The third-order valence-electron chi connectivity index (χ3n) is 2.90. The molecule has 0 aliphatic heterocycles. The van der Waals surface area contributed by atoms with Crippen LogP contribution >= 0.6 is 12.2 Å². The minimum atomic E-state index is 0.192. The minimum Gasteiger partial charge on any atom is -0.376 e. The zero-order chi connectivity index (χ0) is 15.6. The molecule has 0 saturated heterocycles. The third kappa shape index (κ3) is 5.88. The number of nitrogens with zero attached hydrogens (tertiary/aromatic N) is 2. The number of hydrogen-bond donors (Lipinski definition) is 3. The molecule has 4 N–H and O–H groups in total. The summed E-state index contributed by atoms with van der Waals surface area (Å²) in [5.74, 6) is 0.576. The Hall–Kier alpha value is -2.47. The van der Waals surface area contributed by atoms with E-state index in [9.17, 15) is 0 Å². The molecule has 2 aromatic rings. The smallest absolute Gasteiger partial charge is 0.197 e. The van der Waals surface area contributed by atoms with E-state index in [1.54, 1.807) is 6.20 Å². The Balaban J connectivity index is 1.89. The Morgan fingerprint density at radius 3 is 2.59 bits per heavy atom. The molecule has 0 atom stereocenters. The summed E-state index contributed by atoms with van der Waals surface area (Å²) < 4.78 is 0. The highest BCUT2D eigenvalue weighted by atomic mass is 32.1. The van der Waals surface area contributed by atoms with E-state index in [2.05, 4.69) is 20.6 Å². The molecule has 0 aliphatic rings.